The van der Waals surface area contributed by atoms with E-state index in [4.69, 9.17) is 0 Å². The van der Waals surface area contributed by atoms with Gasteiger partial charge in [0.05, 0.1) is 17.2 Å². The first-order valence-corrected chi connectivity index (χ1v) is 7.99. The summed E-state index contributed by atoms with van der Waals surface area (Å²) in [5.74, 6) is -0.826. The van der Waals surface area contributed by atoms with E-state index >= 15 is 0 Å². The zero-order valence-electron chi connectivity index (χ0n) is 11.2. The highest BCUT2D eigenvalue weighted by molar-refractivity contribution is 7.89. The first-order valence-electron chi connectivity index (χ1n) is 6.38. The molecule has 0 radical (unpaired) electrons. The van der Waals surface area contributed by atoms with E-state index in [1.54, 1.807) is 6.07 Å². The fourth-order valence-corrected chi connectivity index (χ4v) is 3.58. The highest BCUT2D eigenvalue weighted by Crippen LogP contribution is 2.19. The molecular formula is C12H15N3O5S. The first-order chi connectivity index (χ1) is 9.92. The lowest BCUT2D eigenvalue weighted by molar-refractivity contribution is -0.385. The number of carbonyl (C=O) groups excluding carboxylic acids is 1. The van der Waals surface area contributed by atoms with Crippen LogP contribution < -0.4 is 5.32 Å². The number of benzene rings is 1. The van der Waals surface area contributed by atoms with Crippen molar-refractivity contribution in [3.8, 4) is 0 Å². The molecule has 0 unspecified atom stereocenters. The molecular weight excluding hydrogens is 298 g/mol. The second-order valence-corrected chi connectivity index (χ2v) is 6.61. The Morgan fingerprint density at radius 2 is 2.05 bits per heavy atom. The molecule has 0 spiro atoms. The number of nitrogens with zero attached hydrogens (tertiary/aromatic N) is 2. The number of amides is 1. The van der Waals surface area contributed by atoms with Crippen molar-refractivity contribution in [2.45, 2.75) is 6.42 Å². The van der Waals surface area contributed by atoms with Crippen LogP contribution in [-0.4, -0.2) is 48.9 Å². The molecule has 9 heteroatoms. The molecule has 0 atom stereocenters. The number of hydrogen-bond acceptors (Lipinski definition) is 6. The number of rotatable bonds is 5. The fraction of sp³-hybridized carbons (Fsp3) is 0.417. The summed E-state index contributed by atoms with van der Waals surface area (Å²) in [6, 6.07) is 5.99. The Hall–Kier alpha value is -2.00. The van der Waals surface area contributed by atoms with Crippen LogP contribution in [0.1, 0.15) is 5.56 Å². The summed E-state index contributed by atoms with van der Waals surface area (Å²) in [5.41, 5.74) is 0.230. The van der Waals surface area contributed by atoms with E-state index in [1.807, 2.05) is 0 Å². The highest BCUT2D eigenvalue weighted by Gasteiger charge is 2.29. The van der Waals surface area contributed by atoms with Crippen LogP contribution in [0.2, 0.25) is 0 Å². The predicted octanol–water partition coefficient (Wildman–Crippen LogP) is -0.101. The predicted molar refractivity (Wildman–Crippen MR) is 75.2 cm³/mol. The Bertz CT molecular complexity index is 659. The van der Waals surface area contributed by atoms with Crippen LogP contribution in [0.3, 0.4) is 0 Å². The quantitative estimate of drug-likeness (QED) is 0.600. The van der Waals surface area contributed by atoms with Gasteiger partial charge in [-0.25, -0.2) is 12.7 Å². The van der Waals surface area contributed by atoms with Crippen LogP contribution in [0.25, 0.3) is 0 Å². The number of sulfonamides is 1. The van der Waals surface area contributed by atoms with Crippen molar-refractivity contribution in [2.24, 2.45) is 0 Å². The summed E-state index contributed by atoms with van der Waals surface area (Å²) in [4.78, 5) is 21.9. The van der Waals surface area contributed by atoms with Gasteiger partial charge in [-0.1, -0.05) is 18.2 Å². The molecule has 1 heterocycles. The lowest BCUT2D eigenvalue weighted by Crippen LogP contribution is -2.51. The molecule has 0 aromatic heterocycles. The van der Waals surface area contributed by atoms with Crippen LogP contribution >= 0.6 is 0 Å². The third kappa shape index (κ3) is 3.56. The molecule has 0 bridgehead atoms. The number of aryl methyl sites for hydroxylation is 1. The van der Waals surface area contributed by atoms with Gasteiger partial charge < -0.3 is 5.32 Å². The second kappa shape index (κ2) is 6.19. The molecule has 1 aromatic rings. The minimum atomic E-state index is -3.75. The Morgan fingerprint density at radius 1 is 1.33 bits per heavy atom. The third-order valence-corrected chi connectivity index (χ3v) is 4.98. The van der Waals surface area contributed by atoms with Crippen molar-refractivity contribution >= 4 is 21.6 Å². The van der Waals surface area contributed by atoms with Crippen LogP contribution in [0.5, 0.6) is 0 Å². The Kier molecular flexibility index (Phi) is 4.53. The summed E-state index contributed by atoms with van der Waals surface area (Å²) in [6.07, 6.45) is -0.00328. The number of carbonyl (C=O) groups is 1. The molecule has 0 saturated carbocycles. The van der Waals surface area contributed by atoms with Crippen molar-refractivity contribution in [3.05, 3.63) is 39.9 Å². The molecule has 1 aliphatic rings. The fourth-order valence-electron chi connectivity index (χ4n) is 2.13. The lowest BCUT2D eigenvalue weighted by Gasteiger charge is -2.26. The van der Waals surface area contributed by atoms with Crippen molar-refractivity contribution in [3.63, 3.8) is 0 Å². The maximum Gasteiger partial charge on any atom is 0.272 e. The summed E-state index contributed by atoms with van der Waals surface area (Å²) < 4.78 is 25.2. The van der Waals surface area contributed by atoms with Gasteiger partial charge in [0.25, 0.3) is 5.69 Å². The van der Waals surface area contributed by atoms with Gasteiger partial charge >= 0.3 is 0 Å². The summed E-state index contributed by atoms with van der Waals surface area (Å²) in [7, 11) is -3.75. The molecule has 0 aliphatic carbocycles. The minimum absolute atomic E-state index is 0.00328. The normalized spacial score (nSPS) is 16.0. The van der Waals surface area contributed by atoms with E-state index < -0.39 is 20.9 Å². The van der Waals surface area contributed by atoms with E-state index in [9.17, 15) is 23.3 Å². The van der Waals surface area contributed by atoms with E-state index in [1.165, 1.54) is 18.2 Å². The Labute approximate surface area is 122 Å². The smallest absolute Gasteiger partial charge is 0.272 e. The molecule has 1 aliphatic heterocycles. The van der Waals surface area contributed by atoms with Crippen molar-refractivity contribution in [1.82, 2.24) is 9.62 Å². The molecule has 21 heavy (non-hydrogen) atoms. The number of hydrogen-bond donors (Lipinski definition) is 1. The van der Waals surface area contributed by atoms with E-state index in [-0.39, 0.29) is 31.0 Å². The highest BCUT2D eigenvalue weighted by atomic mass is 32.2. The van der Waals surface area contributed by atoms with Gasteiger partial charge in [-0.2, -0.15) is 0 Å². The molecule has 1 saturated heterocycles. The van der Waals surface area contributed by atoms with Crippen molar-refractivity contribution < 1.29 is 18.1 Å². The second-order valence-electron chi connectivity index (χ2n) is 4.59. The van der Waals surface area contributed by atoms with E-state index in [2.05, 4.69) is 5.32 Å². The van der Waals surface area contributed by atoms with Crippen LogP contribution in [0, 0.1) is 10.1 Å². The van der Waals surface area contributed by atoms with Gasteiger partial charge in [-0.05, 0) is 6.42 Å². The van der Waals surface area contributed by atoms with Crippen LogP contribution in [0.15, 0.2) is 24.3 Å². The van der Waals surface area contributed by atoms with Crippen LogP contribution in [-0.2, 0) is 21.2 Å². The molecule has 1 aromatic carbocycles. The molecule has 1 amide bonds. The summed E-state index contributed by atoms with van der Waals surface area (Å²) in [6.45, 7) is 0.499. The van der Waals surface area contributed by atoms with Gasteiger partial charge in [0.15, 0.2) is 0 Å². The van der Waals surface area contributed by atoms with Gasteiger partial charge in [-0.15, -0.1) is 0 Å². The van der Waals surface area contributed by atoms with Gasteiger partial charge in [0, 0.05) is 24.7 Å². The number of nitrogens with one attached hydrogen (secondary N) is 1. The van der Waals surface area contributed by atoms with Gasteiger partial charge in [-0.3, -0.25) is 14.9 Å². The van der Waals surface area contributed by atoms with Crippen molar-refractivity contribution in [1.29, 1.82) is 0 Å². The average Bonchev–Trinajstić information content (AvgIpc) is 2.45. The van der Waals surface area contributed by atoms with Gasteiger partial charge in [0.1, 0.15) is 0 Å². The third-order valence-electron chi connectivity index (χ3n) is 3.20. The van der Waals surface area contributed by atoms with Gasteiger partial charge in [0.2, 0.25) is 15.9 Å². The molecule has 1 N–H and O–H groups in total. The standard InChI is InChI=1S/C12H15N3O5S/c16-12-9-13-6-7-14(12)21(19,20)8-5-10-3-1-2-4-11(10)15(17)18/h1-4,13H,5-9H2. The zero-order valence-corrected chi connectivity index (χ0v) is 12.0. The maximum absolute atomic E-state index is 12.2. The number of para-hydroxylation sites is 1. The SMILES string of the molecule is O=C1CNCCN1S(=O)(=O)CCc1ccccc1[N+](=O)[O-]. The number of piperazine rings is 1. The molecule has 1 fully saturated rings. The van der Waals surface area contributed by atoms with E-state index in [0.717, 1.165) is 4.31 Å². The van der Waals surface area contributed by atoms with Crippen molar-refractivity contribution in [2.75, 3.05) is 25.4 Å². The zero-order chi connectivity index (χ0) is 15.5. The maximum atomic E-state index is 12.2. The molecule has 2 rings (SSSR count). The average molecular weight is 313 g/mol. The summed E-state index contributed by atoms with van der Waals surface area (Å²) >= 11 is 0. The lowest BCUT2D eigenvalue weighted by atomic mass is 10.1. The Morgan fingerprint density at radius 3 is 2.71 bits per heavy atom. The number of nitro groups is 1. The molecule has 8 nitrogen and oxygen atoms in total. The Balaban J connectivity index is 2.12. The molecule has 114 valence electrons. The summed E-state index contributed by atoms with van der Waals surface area (Å²) in [5, 5.41) is 13.7. The van der Waals surface area contributed by atoms with E-state index in [0.29, 0.717) is 12.1 Å². The largest absolute Gasteiger partial charge is 0.307 e. The topological polar surface area (TPSA) is 110 Å². The number of nitro benzene ring substituents is 1. The van der Waals surface area contributed by atoms with Crippen LogP contribution in [0.4, 0.5) is 5.69 Å². The first kappa shape index (κ1) is 15.4. The minimum Gasteiger partial charge on any atom is -0.307 e. The monoisotopic (exact) mass is 313 g/mol.